The molecule has 3 rings (SSSR count). The summed E-state index contributed by atoms with van der Waals surface area (Å²) < 4.78 is 23.1. The molecule has 38 heavy (non-hydrogen) atoms. The van der Waals surface area contributed by atoms with Crippen molar-refractivity contribution in [2.75, 3.05) is 26.3 Å². The third kappa shape index (κ3) is 6.41. The summed E-state index contributed by atoms with van der Waals surface area (Å²) in [6, 6.07) is 4.90. The maximum atomic E-state index is 13.0. The second-order valence-electron chi connectivity index (χ2n) is 11.0. The van der Waals surface area contributed by atoms with Gasteiger partial charge < -0.3 is 18.3 Å². The van der Waals surface area contributed by atoms with E-state index >= 15 is 0 Å². The van der Waals surface area contributed by atoms with Crippen LogP contribution < -0.4 is 0 Å². The largest absolute Gasteiger partial charge is 0.461 e. The van der Waals surface area contributed by atoms with Gasteiger partial charge in [0.2, 0.25) is 0 Å². The molecule has 210 valence electrons. The Morgan fingerprint density at radius 2 is 0.974 bits per heavy atom. The smallest absolute Gasteiger partial charge is 0.342 e. The van der Waals surface area contributed by atoms with Gasteiger partial charge in [-0.2, -0.15) is 0 Å². The molecule has 1 aromatic carbocycles. The van der Waals surface area contributed by atoms with Gasteiger partial charge in [0.1, 0.15) is 47.0 Å². The number of benzene rings is 1. The molecule has 8 nitrogen and oxygen atoms in total. The van der Waals surface area contributed by atoms with Gasteiger partial charge in [0.15, 0.2) is 0 Å². The Balaban J connectivity index is 1.80. The van der Waals surface area contributed by atoms with E-state index in [9.17, 15) is 9.59 Å². The monoisotopic (exact) mass is 528 g/mol. The van der Waals surface area contributed by atoms with Crippen LogP contribution in [0.25, 0.3) is 21.9 Å². The van der Waals surface area contributed by atoms with Crippen molar-refractivity contribution in [3.05, 3.63) is 34.8 Å². The number of esters is 2. The van der Waals surface area contributed by atoms with Crippen LogP contribution in [0.1, 0.15) is 87.6 Å². The van der Waals surface area contributed by atoms with Crippen LogP contribution >= 0.6 is 0 Å². The third-order valence-electron chi connectivity index (χ3n) is 7.08. The summed E-state index contributed by atoms with van der Waals surface area (Å²) in [5.41, 5.74) is 1.74. The lowest BCUT2D eigenvalue weighted by molar-refractivity contribution is 0.0410. The average Bonchev–Trinajstić information content (AvgIpc) is 3.30. The summed E-state index contributed by atoms with van der Waals surface area (Å²) in [6.07, 6.45) is 0. The molecular formula is C30H44N2O6. The maximum Gasteiger partial charge on any atom is 0.342 e. The second-order valence-corrected chi connectivity index (χ2v) is 11.0. The quantitative estimate of drug-likeness (QED) is 0.252. The minimum Gasteiger partial charge on any atom is -0.461 e. The third-order valence-corrected chi connectivity index (χ3v) is 7.08. The van der Waals surface area contributed by atoms with Gasteiger partial charge in [-0.1, -0.05) is 0 Å². The van der Waals surface area contributed by atoms with Gasteiger partial charge in [0, 0.05) is 48.0 Å². The molecule has 0 radical (unpaired) electrons. The van der Waals surface area contributed by atoms with Crippen molar-refractivity contribution in [2.45, 2.75) is 93.4 Å². The van der Waals surface area contributed by atoms with Crippen LogP contribution in [-0.4, -0.2) is 72.2 Å². The van der Waals surface area contributed by atoms with Gasteiger partial charge in [-0.3, -0.25) is 9.80 Å². The predicted molar refractivity (Wildman–Crippen MR) is 150 cm³/mol. The van der Waals surface area contributed by atoms with E-state index in [0.29, 0.717) is 81.8 Å². The number of rotatable bonds is 12. The van der Waals surface area contributed by atoms with Crippen molar-refractivity contribution in [3.63, 3.8) is 0 Å². The lowest BCUT2D eigenvalue weighted by Crippen LogP contribution is -2.39. The first-order valence-electron chi connectivity index (χ1n) is 13.6. The highest BCUT2D eigenvalue weighted by atomic mass is 16.5. The fourth-order valence-electron chi connectivity index (χ4n) is 5.30. The van der Waals surface area contributed by atoms with Crippen LogP contribution in [0.2, 0.25) is 0 Å². The molecule has 0 saturated carbocycles. The van der Waals surface area contributed by atoms with Gasteiger partial charge in [-0.15, -0.1) is 0 Å². The first kappa shape index (κ1) is 29.7. The summed E-state index contributed by atoms with van der Waals surface area (Å²) in [6.45, 7) is 22.4. The summed E-state index contributed by atoms with van der Waals surface area (Å²) in [4.78, 5) is 30.6. The number of hydrogen-bond donors (Lipinski definition) is 0. The van der Waals surface area contributed by atoms with Crippen LogP contribution in [0, 0.1) is 13.8 Å². The lowest BCUT2D eigenvalue weighted by Gasteiger charge is -2.30. The van der Waals surface area contributed by atoms with Gasteiger partial charge in [-0.25, -0.2) is 9.59 Å². The zero-order valence-corrected chi connectivity index (χ0v) is 24.6. The van der Waals surface area contributed by atoms with Crippen LogP contribution in [-0.2, 0) is 9.47 Å². The van der Waals surface area contributed by atoms with Crippen LogP contribution in [0.3, 0.4) is 0 Å². The van der Waals surface area contributed by atoms with E-state index in [4.69, 9.17) is 18.3 Å². The Labute approximate surface area is 226 Å². The Bertz CT molecular complexity index is 1150. The van der Waals surface area contributed by atoms with Crippen LogP contribution in [0.5, 0.6) is 0 Å². The number of hydrogen-bond acceptors (Lipinski definition) is 8. The molecule has 0 aliphatic heterocycles. The van der Waals surface area contributed by atoms with Gasteiger partial charge >= 0.3 is 11.9 Å². The average molecular weight is 529 g/mol. The number of aryl methyl sites for hydroxylation is 2. The normalized spacial score (nSPS) is 12.4. The minimum absolute atomic E-state index is 0.282. The highest BCUT2D eigenvalue weighted by Crippen LogP contribution is 2.34. The maximum absolute atomic E-state index is 13.0. The van der Waals surface area contributed by atoms with Crippen molar-refractivity contribution < 1.29 is 27.9 Å². The lowest BCUT2D eigenvalue weighted by atomic mass is 10.1. The summed E-state index contributed by atoms with van der Waals surface area (Å²) in [7, 11) is 0. The standard InChI is InChI=1S/C30H44N2O6/c1-17(2)31(18(3)4)11-13-35-29(33)27-21(9)37-25-16-24-26(15-23(25)27)38-22(10)28(24)30(34)36-14-12-32(19(5)6)20(7)8/h15-20H,11-14H2,1-10H3. The molecule has 0 N–H and O–H groups in total. The van der Waals surface area contributed by atoms with E-state index < -0.39 is 11.9 Å². The van der Waals surface area contributed by atoms with Crippen molar-refractivity contribution in [1.82, 2.24) is 9.80 Å². The number of fused-ring (bicyclic) bond motifs is 2. The number of carbonyl (C=O) groups excluding carboxylic acids is 2. The van der Waals surface area contributed by atoms with Crippen molar-refractivity contribution in [2.24, 2.45) is 0 Å². The SMILES string of the molecule is Cc1oc2cc3c(C(=O)OCCN(C(C)C)C(C)C)c(C)oc3cc2c1C(=O)OCCN(C(C)C)C(C)C. The molecule has 0 saturated heterocycles. The van der Waals surface area contributed by atoms with E-state index in [1.165, 1.54) is 0 Å². The van der Waals surface area contributed by atoms with E-state index in [1.54, 1.807) is 26.0 Å². The molecule has 3 aromatic rings. The van der Waals surface area contributed by atoms with E-state index in [0.717, 1.165) is 0 Å². The van der Waals surface area contributed by atoms with Gasteiger partial charge in [-0.05, 0) is 81.4 Å². The molecule has 0 atom stereocenters. The molecule has 0 amide bonds. The molecule has 0 unspecified atom stereocenters. The van der Waals surface area contributed by atoms with Crippen LogP contribution in [0.15, 0.2) is 21.0 Å². The topological polar surface area (TPSA) is 85.4 Å². The summed E-state index contributed by atoms with van der Waals surface area (Å²) in [5, 5.41) is 1.20. The first-order valence-corrected chi connectivity index (χ1v) is 13.6. The van der Waals surface area contributed by atoms with Crippen molar-refractivity contribution >= 4 is 33.9 Å². The molecule has 0 aliphatic rings. The highest BCUT2D eigenvalue weighted by molar-refractivity contribution is 6.12. The fraction of sp³-hybridized carbons (Fsp3) is 0.600. The molecule has 2 heterocycles. The fourth-order valence-corrected chi connectivity index (χ4v) is 5.30. The van der Waals surface area contributed by atoms with Crippen LogP contribution in [0.4, 0.5) is 0 Å². The van der Waals surface area contributed by atoms with Crippen molar-refractivity contribution in [1.29, 1.82) is 0 Å². The van der Waals surface area contributed by atoms with Gasteiger partial charge in [0.05, 0.1) is 0 Å². The van der Waals surface area contributed by atoms with E-state index in [2.05, 4.69) is 65.2 Å². The zero-order valence-electron chi connectivity index (χ0n) is 24.6. The molecule has 0 spiro atoms. The molecular weight excluding hydrogens is 484 g/mol. The molecule has 0 bridgehead atoms. The molecule has 0 fully saturated rings. The van der Waals surface area contributed by atoms with Gasteiger partial charge in [0.25, 0.3) is 0 Å². The Morgan fingerprint density at radius 1 is 0.658 bits per heavy atom. The van der Waals surface area contributed by atoms with E-state index in [-0.39, 0.29) is 13.2 Å². The molecule has 2 aromatic heterocycles. The number of ether oxygens (including phenoxy) is 2. The van der Waals surface area contributed by atoms with Crippen molar-refractivity contribution in [3.8, 4) is 0 Å². The minimum atomic E-state index is -0.434. The highest BCUT2D eigenvalue weighted by Gasteiger charge is 2.26. The molecule has 0 aliphatic carbocycles. The Morgan fingerprint density at radius 3 is 1.26 bits per heavy atom. The predicted octanol–water partition coefficient (Wildman–Crippen LogP) is 6.35. The Kier molecular flexibility index (Phi) is 9.65. The number of furan rings is 2. The zero-order chi connectivity index (χ0) is 28.3. The second kappa shape index (κ2) is 12.3. The number of nitrogens with zero attached hydrogens (tertiary/aromatic N) is 2. The molecule has 8 heteroatoms. The summed E-state index contributed by atoms with van der Waals surface area (Å²) in [5.74, 6) is 0.0581. The van der Waals surface area contributed by atoms with E-state index in [1.807, 2.05) is 0 Å². The number of carbonyl (C=O) groups is 2. The first-order chi connectivity index (χ1) is 17.8. The summed E-state index contributed by atoms with van der Waals surface area (Å²) >= 11 is 0. The Hall–Kier alpha value is -2.84.